The highest BCUT2D eigenvalue weighted by Gasteiger charge is 2.17. The largest absolute Gasteiger partial charge is 0.452 e. The zero-order valence-electron chi connectivity index (χ0n) is 15.8. The van der Waals surface area contributed by atoms with E-state index in [4.69, 9.17) is 20.9 Å². The minimum atomic E-state index is -0.628. The Morgan fingerprint density at radius 3 is 2.59 bits per heavy atom. The van der Waals surface area contributed by atoms with Crippen molar-refractivity contribution in [1.82, 2.24) is 15.5 Å². The summed E-state index contributed by atoms with van der Waals surface area (Å²) >= 11 is 5.86. The monoisotopic (exact) mass is 414 g/mol. The zero-order chi connectivity index (χ0) is 20.8. The van der Waals surface area contributed by atoms with Crippen LogP contribution in [0.2, 0.25) is 5.02 Å². The maximum absolute atomic E-state index is 12.5. The average molecular weight is 415 g/mol. The summed E-state index contributed by atoms with van der Waals surface area (Å²) in [6, 6.07) is 13.0. The van der Waals surface area contributed by atoms with E-state index in [9.17, 15) is 9.59 Å². The molecule has 2 amide bonds. The fourth-order valence-corrected chi connectivity index (χ4v) is 2.55. The molecule has 0 aliphatic heterocycles. The number of rotatable bonds is 6. The van der Waals surface area contributed by atoms with Crippen molar-refractivity contribution >= 4 is 29.3 Å². The van der Waals surface area contributed by atoms with E-state index in [0.29, 0.717) is 16.5 Å². The van der Waals surface area contributed by atoms with Gasteiger partial charge < -0.3 is 19.9 Å². The summed E-state index contributed by atoms with van der Waals surface area (Å²) in [6.45, 7) is 3.47. The molecule has 29 heavy (non-hydrogen) atoms. The molecule has 0 unspecified atom stereocenters. The van der Waals surface area contributed by atoms with Crippen molar-refractivity contribution in [3.8, 4) is 11.4 Å². The highest BCUT2D eigenvalue weighted by Crippen LogP contribution is 2.20. The number of hydrogen-bond acceptors (Lipinski definition) is 6. The third-order valence-corrected chi connectivity index (χ3v) is 3.96. The zero-order valence-corrected chi connectivity index (χ0v) is 16.6. The number of anilines is 1. The maximum Gasteiger partial charge on any atom is 0.340 e. The Hall–Kier alpha value is -3.39. The highest BCUT2D eigenvalue weighted by molar-refractivity contribution is 6.30. The molecule has 2 aromatic carbocycles. The standard InChI is InChI=1S/C20H19ClN4O4/c1-12(2)22-20(27)23-16-6-4-3-5-15(16)19(26)28-11-17-24-18(25-29-17)13-7-9-14(21)10-8-13/h3-10,12H,11H2,1-2H3,(H2,22,23,27). The van der Waals surface area contributed by atoms with Crippen molar-refractivity contribution in [2.24, 2.45) is 0 Å². The number of para-hydroxylation sites is 1. The van der Waals surface area contributed by atoms with Gasteiger partial charge in [0.15, 0.2) is 6.61 Å². The van der Waals surface area contributed by atoms with Crippen LogP contribution in [-0.2, 0) is 11.3 Å². The molecular formula is C20H19ClN4O4. The van der Waals surface area contributed by atoms with Crippen molar-refractivity contribution in [2.45, 2.75) is 26.5 Å². The Kier molecular flexibility index (Phi) is 6.46. The Bertz CT molecular complexity index is 1000. The molecule has 0 radical (unpaired) electrons. The Morgan fingerprint density at radius 2 is 1.86 bits per heavy atom. The number of ether oxygens (including phenoxy) is 1. The number of aromatic nitrogens is 2. The first-order valence-electron chi connectivity index (χ1n) is 8.84. The van der Waals surface area contributed by atoms with Gasteiger partial charge in [-0.15, -0.1) is 0 Å². The predicted octanol–water partition coefficient (Wildman–Crippen LogP) is 4.28. The summed E-state index contributed by atoms with van der Waals surface area (Å²) in [5.74, 6) is -0.122. The second-order valence-electron chi connectivity index (χ2n) is 6.39. The number of halogens is 1. The summed E-state index contributed by atoms with van der Waals surface area (Å²) in [5.41, 5.74) is 1.27. The van der Waals surface area contributed by atoms with Gasteiger partial charge in [0.25, 0.3) is 5.89 Å². The maximum atomic E-state index is 12.5. The molecule has 3 rings (SSSR count). The predicted molar refractivity (Wildman–Crippen MR) is 108 cm³/mol. The number of urea groups is 1. The molecule has 9 heteroatoms. The van der Waals surface area contributed by atoms with Crippen LogP contribution in [-0.4, -0.2) is 28.2 Å². The van der Waals surface area contributed by atoms with Gasteiger partial charge in [-0.25, -0.2) is 9.59 Å². The van der Waals surface area contributed by atoms with Crippen LogP contribution >= 0.6 is 11.6 Å². The van der Waals surface area contributed by atoms with Crippen molar-refractivity contribution in [2.75, 3.05) is 5.32 Å². The average Bonchev–Trinajstić information content (AvgIpc) is 3.15. The van der Waals surface area contributed by atoms with Crippen LogP contribution in [0.4, 0.5) is 10.5 Å². The third kappa shape index (κ3) is 5.55. The molecule has 2 N–H and O–H groups in total. The fourth-order valence-electron chi connectivity index (χ4n) is 2.43. The molecule has 0 saturated carbocycles. The van der Waals surface area contributed by atoms with Gasteiger partial charge >= 0.3 is 12.0 Å². The van der Waals surface area contributed by atoms with Gasteiger partial charge in [0.1, 0.15) is 0 Å². The molecule has 3 aromatic rings. The van der Waals surface area contributed by atoms with Gasteiger partial charge in [-0.2, -0.15) is 4.98 Å². The molecule has 1 heterocycles. The Morgan fingerprint density at radius 1 is 1.14 bits per heavy atom. The molecule has 0 aliphatic carbocycles. The quantitative estimate of drug-likeness (QED) is 0.583. The minimum Gasteiger partial charge on any atom is -0.452 e. The van der Waals surface area contributed by atoms with Crippen LogP contribution in [0, 0.1) is 0 Å². The van der Waals surface area contributed by atoms with E-state index >= 15 is 0 Å². The lowest BCUT2D eigenvalue weighted by Crippen LogP contribution is -2.34. The van der Waals surface area contributed by atoms with E-state index in [2.05, 4.69) is 20.8 Å². The van der Waals surface area contributed by atoms with Crippen LogP contribution in [0.25, 0.3) is 11.4 Å². The first-order valence-corrected chi connectivity index (χ1v) is 9.22. The normalized spacial score (nSPS) is 10.6. The third-order valence-electron chi connectivity index (χ3n) is 3.71. The summed E-state index contributed by atoms with van der Waals surface area (Å²) in [5, 5.41) is 9.79. The lowest BCUT2D eigenvalue weighted by Gasteiger charge is -2.12. The van der Waals surface area contributed by atoms with Crippen LogP contribution in [0.5, 0.6) is 0 Å². The van der Waals surface area contributed by atoms with E-state index in [1.54, 1.807) is 48.5 Å². The lowest BCUT2D eigenvalue weighted by molar-refractivity contribution is 0.0431. The molecular weight excluding hydrogens is 396 g/mol. The SMILES string of the molecule is CC(C)NC(=O)Nc1ccccc1C(=O)OCc1nc(-c2ccc(Cl)cc2)no1. The summed E-state index contributed by atoms with van der Waals surface area (Å²) in [4.78, 5) is 28.6. The molecule has 0 aliphatic rings. The van der Waals surface area contributed by atoms with E-state index in [1.165, 1.54) is 0 Å². The van der Waals surface area contributed by atoms with Crippen molar-refractivity contribution < 1.29 is 18.8 Å². The molecule has 8 nitrogen and oxygen atoms in total. The van der Waals surface area contributed by atoms with Gasteiger partial charge in [-0.05, 0) is 50.2 Å². The fraction of sp³-hybridized carbons (Fsp3) is 0.200. The summed E-state index contributed by atoms with van der Waals surface area (Å²) < 4.78 is 10.4. The number of carbonyl (C=O) groups is 2. The van der Waals surface area contributed by atoms with Crippen LogP contribution < -0.4 is 10.6 Å². The highest BCUT2D eigenvalue weighted by atomic mass is 35.5. The van der Waals surface area contributed by atoms with Crippen LogP contribution in [0.3, 0.4) is 0 Å². The number of hydrogen-bond donors (Lipinski definition) is 2. The first kappa shape index (κ1) is 20.3. The molecule has 0 atom stereocenters. The van der Waals surface area contributed by atoms with E-state index in [0.717, 1.165) is 5.56 Å². The molecule has 150 valence electrons. The number of benzene rings is 2. The van der Waals surface area contributed by atoms with Crippen molar-refractivity contribution in [3.05, 3.63) is 65.0 Å². The smallest absolute Gasteiger partial charge is 0.340 e. The lowest BCUT2D eigenvalue weighted by atomic mass is 10.2. The van der Waals surface area contributed by atoms with E-state index in [-0.39, 0.29) is 24.1 Å². The number of carbonyl (C=O) groups excluding carboxylic acids is 2. The van der Waals surface area contributed by atoms with E-state index < -0.39 is 12.0 Å². The number of nitrogens with zero attached hydrogens (tertiary/aromatic N) is 2. The molecule has 0 spiro atoms. The number of nitrogens with one attached hydrogen (secondary N) is 2. The molecule has 1 aromatic heterocycles. The molecule has 0 saturated heterocycles. The van der Waals surface area contributed by atoms with Crippen molar-refractivity contribution in [1.29, 1.82) is 0 Å². The van der Waals surface area contributed by atoms with Gasteiger partial charge in [0, 0.05) is 16.6 Å². The first-order chi connectivity index (χ1) is 13.9. The Labute approximate surface area is 172 Å². The van der Waals surface area contributed by atoms with Gasteiger partial charge in [-0.1, -0.05) is 28.9 Å². The second kappa shape index (κ2) is 9.20. The minimum absolute atomic E-state index is 0.0403. The number of amides is 2. The Balaban J connectivity index is 1.64. The number of esters is 1. The van der Waals surface area contributed by atoms with Gasteiger partial charge in [0.2, 0.25) is 5.82 Å². The second-order valence-corrected chi connectivity index (χ2v) is 6.83. The van der Waals surface area contributed by atoms with Crippen LogP contribution in [0.1, 0.15) is 30.1 Å². The summed E-state index contributed by atoms with van der Waals surface area (Å²) in [6.07, 6.45) is 0. The van der Waals surface area contributed by atoms with Crippen molar-refractivity contribution in [3.63, 3.8) is 0 Å². The summed E-state index contributed by atoms with van der Waals surface area (Å²) in [7, 11) is 0. The van der Waals surface area contributed by atoms with Gasteiger partial charge in [0.05, 0.1) is 11.3 Å². The topological polar surface area (TPSA) is 106 Å². The molecule has 0 fully saturated rings. The van der Waals surface area contributed by atoms with Gasteiger partial charge in [-0.3, -0.25) is 0 Å². The van der Waals surface area contributed by atoms with Crippen LogP contribution in [0.15, 0.2) is 53.1 Å². The van der Waals surface area contributed by atoms with E-state index in [1.807, 2.05) is 13.8 Å². The molecule has 0 bridgehead atoms.